The van der Waals surface area contributed by atoms with Crippen molar-refractivity contribution in [1.82, 2.24) is 20.9 Å². The number of carbonyl (C=O) groups is 3. The third-order valence-electron chi connectivity index (χ3n) is 4.95. The Labute approximate surface area is 235 Å². The summed E-state index contributed by atoms with van der Waals surface area (Å²) in [6.07, 6.45) is 4.37. The molecule has 0 saturated heterocycles. The lowest BCUT2D eigenvalue weighted by Gasteiger charge is -2.17. The molecule has 2 rings (SSSR count). The Kier molecular flexibility index (Phi) is 19.4. The van der Waals surface area contributed by atoms with Crippen molar-refractivity contribution in [2.45, 2.75) is 52.9 Å². The predicted octanol–water partition coefficient (Wildman–Crippen LogP) is 1.16. The molecular weight excluding hydrogens is 513 g/mol. The molecule has 2 aromatic rings. The number of allylic oxidation sites excluding steroid dienone is 1. The van der Waals surface area contributed by atoms with E-state index >= 15 is 0 Å². The number of amides is 3. The molecule has 216 valence electrons. The van der Waals surface area contributed by atoms with Gasteiger partial charge in [-0.05, 0) is 37.3 Å². The predicted molar refractivity (Wildman–Crippen MR) is 155 cm³/mol. The molecule has 3 amide bonds. The van der Waals surface area contributed by atoms with Gasteiger partial charge in [0.15, 0.2) is 0 Å². The number of aromatic amines is 1. The third-order valence-corrected chi connectivity index (χ3v) is 4.95. The van der Waals surface area contributed by atoms with Crippen LogP contribution in [0.15, 0.2) is 65.0 Å². The number of carbonyl (C=O) groups excluding carboxylic acids is 3. The minimum absolute atomic E-state index is 0.0370. The third kappa shape index (κ3) is 18.1. The number of nitriles is 1. The number of nitrogens with one attached hydrogen (secondary N) is 4. The summed E-state index contributed by atoms with van der Waals surface area (Å²) >= 11 is 0. The van der Waals surface area contributed by atoms with Gasteiger partial charge in [0.2, 0.25) is 17.9 Å². The van der Waals surface area contributed by atoms with E-state index in [4.69, 9.17) is 5.26 Å². The van der Waals surface area contributed by atoms with Gasteiger partial charge in [0.1, 0.15) is 11.6 Å². The Morgan fingerprint density at radius 3 is 2.27 bits per heavy atom. The van der Waals surface area contributed by atoms with Crippen molar-refractivity contribution in [2.24, 2.45) is 5.92 Å². The average Bonchev–Trinajstić information content (AvgIpc) is 2.91. The summed E-state index contributed by atoms with van der Waals surface area (Å²) in [6.45, 7) is 8.24. The molecule has 6 N–H and O–H groups in total. The van der Waals surface area contributed by atoms with E-state index in [2.05, 4.69) is 27.9 Å². The van der Waals surface area contributed by atoms with Gasteiger partial charge in [-0.15, -0.1) is 0 Å². The molecule has 0 aliphatic rings. The maximum absolute atomic E-state index is 11.4. The Hall–Kier alpha value is -4.21. The van der Waals surface area contributed by atoms with Crippen molar-refractivity contribution in [3.05, 3.63) is 81.8 Å². The van der Waals surface area contributed by atoms with Crippen molar-refractivity contribution in [1.29, 1.82) is 5.26 Å². The molecule has 40 heavy (non-hydrogen) atoms. The van der Waals surface area contributed by atoms with E-state index in [1.165, 1.54) is 6.07 Å². The first-order valence-electron chi connectivity index (χ1n) is 13.0. The van der Waals surface area contributed by atoms with Crippen LogP contribution < -0.4 is 21.5 Å². The van der Waals surface area contributed by atoms with Crippen LogP contribution in [0.1, 0.15) is 44.9 Å². The molecule has 11 nitrogen and oxygen atoms in total. The van der Waals surface area contributed by atoms with Crippen molar-refractivity contribution < 1.29 is 24.4 Å². The summed E-state index contributed by atoms with van der Waals surface area (Å²) in [4.78, 5) is 45.8. The highest BCUT2D eigenvalue weighted by atomic mass is 16.4. The number of aromatic nitrogens is 1. The van der Waals surface area contributed by atoms with Crippen molar-refractivity contribution in [2.75, 3.05) is 13.1 Å². The van der Waals surface area contributed by atoms with E-state index in [9.17, 15) is 29.2 Å². The molecule has 0 spiro atoms. The van der Waals surface area contributed by atoms with Gasteiger partial charge >= 0.3 is 7.12 Å². The van der Waals surface area contributed by atoms with Crippen molar-refractivity contribution in [3.63, 3.8) is 0 Å². The molecule has 0 saturated carbocycles. The fourth-order valence-corrected chi connectivity index (χ4v) is 3.02. The zero-order valence-electron chi connectivity index (χ0n) is 23.5. The van der Waals surface area contributed by atoms with Crippen LogP contribution in [0.4, 0.5) is 0 Å². The van der Waals surface area contributed by atoms with Gasteiger partial charge in [-0.2, -0.15) is 5.26 Å². The lowest BCUT2D eigenvalue weighted by molar-refractivity contribution is -0.122. The number of benzene rings is 1. The Bertz CT molecular complexity index is 1150. The number of hydrogen-bond acceptors (Lipinski definition) is 7. The molecular formula is C28H40BN5O6. The quantitative estimate of drug-likeness (QED) is 0.0749. The van der Waals surface area contributed by atoms with E-state index in [0.29, 0.717) is 19.4 Å². The Morgan fingerprint density at radius 2 is 1.80 bits per heavy atom. The molecule has 1 unspecified atom stereocenters. The van der Waals surface area contributed by atoms with Crippen LogP contribution in [0.2, 0.25) is 0 Å². The monoisotopic (exact) mass is 553 g/mol. The second-order valence-electron chi connectivity index (χ2n) is 9.02. The summed E-state index contributed by atoms with van der Waals surface area (Å²) in [6, 6.07) is 16.1. The number of hydrogen-bond donors (Lipinski definition) is 6. The van der Waals surface area contributed by atoms with Crippen molar-refractivity contribution >= 4 is 25.3 Å². The lowest BCUT2D eigenvalue weighted by atomic mass is 9.76. The molecule has 0 bridgehead atoms. The number of unbranched alkanes of at least 4 members (excludes halogenated alkanes) is 1. The van der Waals surface area contributed by atoms with Gasteiger partial charge < -0.3 is 31.0 Å². The number of pyridine rings is 1. The normalized spacial score (nSPS) is 10.9. The van der Waals surface area contributed by atoms with Crippen LogP contribution >= 0.6 is 0 Å². The summed E-state index contributed by atoms with van der Waals surface area (Å²) in [5, 5.41) is 34.5. The average molecular weight is 553 g/mol. The van der Waals surface area contributed by atoms with Crippen LogP contribution in [0.25, 0.3) is 0 Å². The van der Waals surface area contributed by atoms with Crippen LogP contribution in [0, 0.1) is 24.2 Å². The molecule has 0 fully saturated rings. The van der Waals surface area contributed by atoms with Gasteiger partial charge in [-0.1, -0.05) is 69.7 Å². The fraction of sp³-hybridized carbons (Fsp3) is 0.393. The second-order valence-corrected chi connectivity index (χ2v) is 9.02. The van der Waals surface area contributed by atoms with E-state index in [1.807, 2.05) is 63.2 Å². The molecule has 1 aromatic carbocycles. The zero-order chi connectivity index (χ0) is 30.3. The van der Waals surface area contributed by atoms with E-state index in [0.717, 1.165) is 24.1 Å². The standard InChI is InChI=1S/C11H15BN2O4.C11H18N2O.C6H7NO/c15-8-13-7-11(16)14-10(12(17)18)6-9-4-2-1-3-5-9;1-4-5-6-13-11(14)10(8-12)7-9(2)3;1-5-3-2-4-6(8)7-5/h1-5,8,10,17-18H,6-7H2,(H,13,15)(H,14,16);7,9H,4-6H2,1-3H3,(H,13,14);2-4H,1H3,(H,7,8)/b;10-7+;. The minimum Gasteiger partial charge on any atom is -0.426 e. The Morgan fingerprint density at radius 1 is 1.12 bits per heavy atom. The van der Waals surface area contributed by atoms with Gasteiger partial charge in [0.05, 0.1) is 12.5 Å². The number of rotatable bonds is 12. The van der Waals surface area contributed by atoms with Gasteiger partial charge in [0.25, 0.3) is 5.91 Å². The van der Waals surface area contributed by atoms with Crippen molar-refractivity contribution in [3.8, 4) is 6.07 Å². The summed E-state index contributed by atoms with van der Waals surface area (Å²) < 4.78 is 0. The number of H-pyrrole nitrogens is 1. The zero-order valence-corrected chi connectivity index (χ0v) is 23.5. The van der Waals surface area contributed by atoms with E-state index in [-0.39, 0.29) is 29.5 Å². The van der Waals surface area contributed by atoms with Gasteiger partial charge in [-0.3, -0.25) is 19.2 Å². The van der Waals surface area contributed by atoms with Gasteiger partial charge in [0, 0.05) is 18.3 Å². The largest absolute Gasteiger partial charge is 0.475 e. The summed E-state index contributed by atoms with van der Waals surface area (Å²) in [5.74, 6) is -1.32. The van der Waals surface area contributed by atoms with Crippen LogP contribution in [0.5, 0.6) is 0 Å². The number of aryl methyl sites for hydroxylation is 1. The summed E-state index contributed by atoms with van der Waals surface area (Å²) in [7, 11) is -1.66. The van der Waals surface area contributed by atoms with Gasteiger partial charge in [-0.25, -0.2) is 0 Å². The van der Waals surface area contributed by atoms with E-state index in [1.54, 1.807) is 12.1 Å². The number of nitrogens with zero attached hydrogens (tertiary/aromatic N) is 1. The topological polar surface area (TPSA) is 184 Å². The highest BCUT2D eigenvalue weighted by molar-refractivity contribution is 6.43. The second kappa shape index (κ2) is 21.7. The molecule has 0 radical (unpaired) electrons. The fourth-order valence-electron chi connectivity index (χ4n) is 3.02. The molecule has 0 aliphatic carbocycles. The van der Waals surface area contributed by atoms with Crippen LogP contribution in [0.3, 0.4) is 0 Å². The maximum Gasteiger partial charge on any atom is 0.475 e. The van der Waals surface area contributed by atoms with E-state index < -0.39 is 19.0 Å². The molecule has 1 atom stereocenters. The van der Waals surface area contributed by atoms with Crippen LogP contribution in [-0.2, 0) is 20.8 Å². The first-order chi connectivity index (χ1) is 19.0. The highest BCUT2D eigenvalue weighted by Gasteiger charge is 2.25. The molecule has 1 aromatic heterocycles. The smallest absolute Gasteiger partial charge is 0.426 e. The molecule has 1 heterocycles. The highest BCUT2D eigenvalue weighted by Crippen LogP contribution is 2.04. The van der Waals surface area contributed by atoms with Crippen LogP contribution in [-0.4, -0.2) is 59.4 Å². The first-order valence-corrected chi connectivity index (χ1v) is 13.0. The lowest BCUT2D eigenvalue weighted by Crippen LogP contribution is -2.50. The Balaban J connectivity index is 0.000000612. The molecule has 0 aliphatic heterocycles. The minimum atomic E-state index is -1.66. The SMILES string of the molecule is CCCCNC(=O)/C(C#N)=C/C(C)C.Cc1cccc(=O)[nH]1.O=CNCC(=O)NC(Cc1ccccc1)B(O)O. The maximum atomic E-state index is 11.4. The first kappa shape index (κ1) is 35.8. The summed E-state index contributed by atoms with van der Waals surface area (Å²) in [5.41, 5.74) is 1.96. The molecule has 12 heteroatoms.